The Morgan fingerprint density at radius 2 is 1.43 bits per heavy atom. The first-order valence-corrected chi connectivity index (χ1v) is 12.9. The highest BCUT2D eigenvalue weighted by Crippen LogP contribution is 2.27. The van der Waals surface area contributed by atoms with Crippen molar-refractivity contribution in [2.24, 2.45) is 11.3 Å². The smallest absolute Gasteiger partial charge is 0.255 e. The number of carbonyl (C=O) groups is 2. The van der Waals surface area contributed by atoms with E-state index in [1.807, 2.05) is 53.4 Å². The molecule has 5 nitrogen and oxygen atoms in total. The van der Waals surface area contributed by atoms with E-state index in [-0.39, 0.29) is 22.6 Å². The molecule has 35 heavy (non-hydrogen) atoms. The second-order valence-corrected chi connectivity index (χ2v) is 12.3. The summed E-state index contributed by atoms with van der Waals surface area (Å²) in [6.45, 7) is 18.5. The predicted molar refractivity (Wildman–Crippen MR) is 146 cm³/mol. The molecule has 1 aliphatic heterocycles. The fourth-order valence-electron chi connectivity index (χ4n) is 4.84. The number of nitrogens with one attached hydrogen (secondary N) is 1. The first-order chi connectivity index (χ1) is 16.3. The molecular weight excluding hydrogens is 434 g/mol. The Balaban J connectivity index is 1.50. The Morgan fingerprint density at radius 1 is 0.857 bits per heavy atom. The molecule has 2 amide bonds. The topological polar surface area (TPSA) is 52.7 Å². The van der Waals surface area contributed by atoms with Crippen molar-refractivity contribution in [2.75, 3.05) is 36.4 Å². The van der Waals surface area contributed by atoms with Gasteiger partial charge in [0.1, 0.15) is 0 Å². The summed E-state index contributed by atoms with van der Waals surface area (Å²) in [6.07, 6.45) is 1.69. The summed E-state index contributed by atoms with van der Waals surface area (Å²) in [4.78, 5) is 29.7. The van der Waals surface area contributed by atoms with Crippen LogP contribution in [0.25, 0.3) is 0 Å². The first kappa shape index (κ1) is 26.8. The van der Waals surface area contributed by atoms with Gasteiger partial charge in [-0.15, -0.1) is 0 Å². The number of amides is 2. The second kappa shape index (κ2) is 10.8. The van der Waals surface area contributed by atoms with E-state index in [1.165, 1.54) is 5.56 Å². The second-order valence-electron chi connectivity index (χ2n) is 12.3. The molecule has 3 rings (SSSR count). The zero-order valence-electron chi connectivity index (χ0n) is 22.6. The summed E-state index contributed by atoms with van der Waals surface area (Å²) in [5, 5.41) is 2.99. The SMILES string of the molecule is CC(CC(=O)N1CCN(c2ccc(NC(=O)c3ccc(C(C)(C)C)cc3)cc2)CC1)CC(C)(C)C. The predicted octanol–water partition coefficient (Wildman–Crippen LogP) is 6.35. The van der Waals surface area contributed by atoms with Gasteiger partial charge >= 0.3 is 0 Å². The highest BCUT2D eigenvalue weighted by molar-refractivity contribution is 6.04. The highest BCUT2D eigenvalue weighted by atomic mass is 16.2. The molecule has 1 fully saturated rings. The molecule has 1 heterocycles. The number of carbonyl (C=O) groups excluding carboxylic acids is 2. The summed E-state index contributed by atoms with van der Waals surface area (Å²) in [6, 6.07) is 15.8. The van der Waals surface area contributed by atoms with Crippen molar-refractivity contribution in [3.8, 4) is 0 Å². The van der Waals surface area contributed by atoms with Crippen LogP contribution in [-0.4, -0.2) is 42.9 Å². The van der Waals surface area contributed by atoms with Crippen molar-refractivity contribution in [3.05, 3.63) is 59.7 Å². The van der Waals surface area contributed by atoms with E-state index in [4.69, 9.17) is 0 Å². The van der Waals surface area contributed by atoms with Crippen molar-refractivity contribution >= 4 is 23.2 Å². The quantitative estimate of drug-likeness (QED) is 0.528. The molecule has 1 atom stereocenters. The van der Waals surface area contributed by atoms with Crippen molar-refractivity contribution in [1.29, 1.82) is 0 Å². The van der Waals surface area contributed by atoms with Crippen molar-refractivity contribution < 1.29 is 9.59 Å². The number of benzene rings is 2. The van der Waals surface area contributed by atoms with Crippen molar-refractivity contribution in [2.45, 2.75) is 66.7 Å². The monoisotopic (exact) mass is 477 g/mol. The van der Waals surface area contributed by atoms with E-state index in [0.717, 1.165) is 44.0 Å². The molecule has 2 aromatic carbocycles. The third kappa shape index (κ3) is 7.84. The van der Waals surface area contributed by atoms with Gasteiger partial charge in [0.2, 0.25) is 5.91 Å². The Kier molecular flexibility index (Phi) is 8.30. The van der Waals surface area contributed by atoms with Gasteiger partial charge in [0.25, 0.3) is 5.91 Å². The van der Waals surface area contributed by atoms with Crippen LogP contribution in [0.15, 0.2) is 48.5 Å². The number of hydrogen-bond acceptors (Lipinski definition) is 3. The van der Waals surface area contributed by atoms with Gasteiger partial charge in [-0.05, 0) is 65.1 Å². The summed E-state index contributed by atoms with van der Waals surface area (Å²) < 4.78 is 0. The van der Waals surface area contributed by atoms with Crippen LogP contribution in [-0.2, 0) is 10.2 Å². The molecule has 0 spiro atoms. The zero-order valence-corrected chi connectivity index (χ0v) is 22.6. The molecule has 0 radical (unpaired) electrons. The summed E-state index contributed by atoms with van der Waals surface area (Å²) in [5.41, 5.74) is 4.07. The molecule has 0 aliphatic carbocycles. The Hall–Kier alpha value is -2.82. The normalized spacial score (nSPS) is 15.6. The number of rotatable bonds is 6. The van der Waals surface area contributed by atoms with E-state index in [9.17, 15) is 9.59 Å². The van der Waals surface area contributed by atoms with Gasteiger partial charge in [-0.2, -0.15) is 0 Å². The average molecular weight is 478 g/mol. The van der Waals surface area contributed by atoms with Gasteiger partial charge in [-0.3, -0.25) is 9.59 Å². The average Bonchev–Trinajstić information content (AvgIpc) is 2.78. The lowest BCUT2D eigenvalue weighted by molar-refractivity contribution is -0.132. The van der Waals surface area contributed by atoms with Crippen LogP contribution in [0.3, 0.4) is 0 Å². The van der Waals surface area contributed by atoms with Crippen molar-refractivity contribution in [3.63, 3.8) is 0 Å². The standard InChI is InChI=1S/C30H43N3O2/c1-22(21-29(2,3)4)20-27(34)33-18-16-32(17-19-33)26-14-12-25(13-15-26)31-28(35)23-8-10-24(11-9-23)30(5,6)7/h8-15,22H,16-21H2,1-7H3,(H,31,35). The van der Waals surface area contributed by atoms with Crippen LogP contribution in [0, 0.1) is 11.3 Å². The lowest BCUT2D eigenvalue weighted by Crippen LogP contribution is -2.49. The molecule has 0 saturated carbocycles. The number of piperazine rings is 1. The molecule has 5 heteroatoms. The van der Waals surface area contributed by atoms with E-state index < -0.39 is 0 Å². The maximum Gasteiger partial charge on any atom is 0.255 e. The van der Waals surface area contributed by atoms with Gasteiger partial charge in [-0.25, -0.2) is 0 Å². The van der Waals surface area contributed by atoms with Crippen LogP contribution >= 0.6 is 0 Å². The van der Waals surface area contributed by atoms with Crippen LogP contribution in [0.1, 0.15) is 77.2 Å². The van der Waals surface area contributed by atoms with Crippen molar-refractivity contribution in [1.82, 2.24) is 4.90 Å². The van der Waals surface area contributed by atoms with Gasteiger partial charge < -0.3 is 15.1 Å². The van der Waals surface area contributed by atoms with E-state index >= 15 is 0 Å². The fourth-order valence-corrected chi connectivity index (χ4v) is 4.84. The third-order valence-electron chi connectivity index (χ3n) is 6.62. The molecule has 1 aliphatic rings. The van der Waals surface area contributed by atoms with Gasteiger partial charge in [0.05, 0.1) is 0 Å². The molecule has 1 saturated heterocycles. The largest absolute Gasteiger partial charge is 0.368 e. The maximum absolute atomic E-state index is 12.7. The van der Waals surface area contributed by atoms with Crippen LogP contribution in [0.5, 0.6) is 0 Å². The van der Waals surface area contributed by atoms with E-state index in [1.54, 1.807) is 0 Å². The summed E-state index contributed by atoms with van der Waals surface area (Å²) in [7, 11) is 0. The van der Waals surface area contributed by atoms with Crippen LogP contribution in [0.4, 0.5) is 11.4 Å². The Bertz CT molecular complexity index is 990. The minimum absolute atomic E-state index is 0.0638. The summed E-state index contributed by atoms with van der Waals surface area (Å²) in [5.74, 6) is 0.570. The minimum atomic E-state index is -0.106. The highest BCUT2D eigenvalue weighted by Gasteiger charge is 2.24. The minimum Gasteiger partial charge on any atom is -0.368 e. The molecule has 1 N–H and O–H groups in total. The lowest BCUT2D eigenvalue weighted by atomic mass is 9.84. The lowest BCUT2D eigenvalue weighted by Gasteiger charge is -2.37. The zero-order chi connectivity index (χ0) is 25.8. The van der Waals surface area contributed by atoms with Gasteiger partial charge in [0.15, 0.2) is 0 Å². The maximum atomic E-state index is 12.7. The number of nitrogens with zero attached hydrogens (tertiary/aromatic N) is 2. The summed E-state index contributed by atoms with van der Waals surface area (Å²) >= 11 is 0. The number of anilines is 2. The molecule has 0 bridgehead atoms. The molecule has 1 unspecified atom stereocenters. The fraction of sp³-hybridized carbons (Fsp3) is 0.533. The van der Waals surface area contributed by atoms with Crippen LogP contribution in [0.2, 0.25) is 0 Å². The third-order valence-corrected chi connectivity index (χ3v) is 6.62. The van der Waals surface area contributed by atoms with E-state index in [2.05, 4.69) is 58.7 Å². The van der Waals surface area contributed by atoms with Crippen LogP contribution < -0.4 is 10.2 Å². The molecule has 190 valence electrons. The van der Waals surface area contributed by atoms with E-state index in [0.29, 0.717) is 17.9 Å². The Labute approximate surface area is 211 Å². The molecule has 2 aromatic rings. The van der Waals surface area contributed by atoms with Gasteiger partial charge in [0, 0.05) is 49.5 Å². The van der Waals surface area contributed by atoms with Gasteiger partial charge in [-0.1, -0.05) is 60.6 Å². The molecule has 0 aromatic heterocycles. The number of hydrogen-bond donors (Lipinski definition) is 1. The first-order valence-electron chi connectivity index (χ1n) is 12.9. The molecular formula is C30H43N3O2. The Morgan fingerprint density at radius 3 is 1.94 bits per heavy atom.